The van der Waals surface area contributed by atoms with E-state index in [2.05, 4.69) is 10.5 Å². The highest BCUT2D eigenvalue weighted by Crippen LogP contribution is 2.15. The molecule has 1 aliphatic rings. The Bertz CT molecular complexity index is 714. The SMILES string of the molecule is O=C(NCCc1ccccc1)[C@H]1CC(Cc2ccc(F)cc2)=NO1. The summed E-state index contributed by atoms with van der Waals surface area (Å²) in [7, 11) is 0. The Morgan fingerprint density at radius 1 is 1.12 bits per heavy atom. The fraction of sp³-hybridized carbons (Fsp3) is 0.263. The zero-order valence-corrected chi connectivity index (χ0v) is 13.2. The standard InChI is InChI=1S/C19H19FN2O2/c20-16-8-6-15(7-9-16)12-17-13-18(24-22-17)19(23)21-11-10-14-4-2-1-3-5-14/h1-9,18H,10-13H2,(H,21,23)/t18-/m1/s1. The molecule has 4 nitrogen and oxygen atoms in total. The maximum Gasteiger partial charge on any atom is 0.264 e. The summed E-state index contributed by atoms with van der Waals surface area (Å²) in [6, 6.07) is 16.2. The predicted octanol–water partition coefficient (Wildman–Crippen LogP) is 2.87. The summed E-state index contributed by atoms with van der Waals surface area (Å²) in [6.45, 7) is 0.565. The number of amides is 1. The third-order valence-corrected chi connectivity index (χ3v) is 3.90. The third-order valence-electron chi connectivity index (χ3n) is 3.90. The van der Waals surface area contributed by atoms with Gasteiger partial charge in [0, 0.05) is 19.4 Å². The van der Waals surface area contributed by atoms with Crippen molar-refractivity contribution in [1.82, 2.24) is 5.32 Å². The van der Waals surface area contributed by atoms with E-state index in [9.17, 15) is 9.18 Å². The normalized spacial score (nSPS) is 16.4. The van der Waals surface area contributed by atoms with E-state index in [0.717, 1.165) is 17.7 Å². The quantitative estimate of drug-likeness (QED) is 0.887. The minimum Gasteiger partial charge on any atom is -0.382 e. The second kappa shape index (κ2) is 7.73. The zero-order valence-electron chi connectivity index (χ0n) is 13.2. The van der Waals surface area contributed by atoms with Gasteiger partial charge in [-0.2, -0.15) is 0 Å². The Morgan fingerprint density at radius 3 is 2.62 bits per heavy atom. The van der Waals surface area contributed by atoms with Gasteiger partial charge in [0.25, 0.3) is 5.91 Å². The molecule has 2 aromatic rings. The summed E-state index contributed by atoms with van der Waals surface area (Å²) in [4.78, 5) is 17.3. The first-order chi connectivity index (χ1) is 11.7. The number of halogens is 1. The predicted molar refractivity (Wildman–Crippen MR) is 90.2 cm³/mol. The average molecular weight is 326 g/mol. The number of hydrogen-bond acceptors (Lipinski definition) is 3. The summed E-state index contributed by atoms with van der Waals surface area (Å²) >= 11 is 0. The molecule has 24 heavy (non-hydrogen) atoms. The summed E-state index contributed by atoms with van der Waals surface area (Å²) in [5.74, 6) is -0.414. The molecule has 0 spiro atoms. The molecule has 124 valence electrons. The van der Waals surface area contributed by atoms with Crippen molar-refractivity contribution in [2.24, 2.45) is 5.16 Å². The molecule has 0 aliphatic carbocycles. The number of oxime groups is 1. The Hall–Kier alpha value is -2.69. The second-order valence-corrected chi connectivity index (χ2v) is 5.79. The fourth-order valence-corrected chi connectivity index (χ4v) is 2.60. The highest BCUT2D eigenvalue weighted by atomic mass is 19.1. The molecule has 0 aromatic heterocycles. The molecule has 5 heteroatoms. The molecule has 0 unspecified atom stereocenters. The number of rotatable bonds is 6. The number of nitrogens with one attached hydrogen (secondary N) is 1. The van der Waals surface area contributed by atoms with Gasteiger partial charge in [0.1, 0.15) is 5.82 Å². The largest absolute Gasteiger partial charge is 0.382 e. The highest BCUT2D eigenvalue weighted by Gasteiger charge is 2.27. The second-order valence-electron chi connectivity index (χ2n) is 5.79. The molecule has 0 fully saturated rings. The van der Waals surface area contributed by atoms with Crippen LogP contribution in [0.4, 0.5) is 4.39 Å². The van der Waals surface area contributed by atoms with E-state index in [1.807, 2.05) is 30.3 Å². The number of carbonyl (C=O) groups excluding carboxylic acids is 1. The van der Waals surface area contributed by atoms with Crippen molar-refractivity contribution < 1.29 is 14.0 Å². The Balaban J connectivity index is 1.42. The number of nitrogens with zero attached hydrogens (tertiary/aromatic N) is 1. The smallest absolute Gasteiger partial charge is 0.264 e. The van der Waals surface area contributed by atoms with Crippen LogP contribution >= 0.6 is 0 Å². The third kappa shape index (κ3) is 4.41. The van der Waals surface area contributed by atoms with Gasteiger partial charge < -0.3 is 10.2 Å². The van der Waals surface area contributed by atoms with Gasteiger partial charge in [0.05, 0.1) is 5.71 Å². The maximum absolute atomic E-state index is 12.9. The number of benzene rings is 2. The van der Waals surface area contributed by atoms with Crippen molar-refractivity contribution in [3.05, 3.63) is 71.5 Å². The van der Waals surface area contributed by atoms with Crippen LogP contribution in [0.15, 0.2) is 59.8 Å². The van der Waals surface area contributed by atoms with Gasteiger partial charge in [0.2, 0.25) is 6.10 Å². The van der Waals surface area contributed by atoms with Crippen LogP contribution in [0.2, 0.25) is 0 Å². The summed E-state index contributed by atoms with van der Waals surface area (Å²) in [5, 5.41) is 6.86. The van der Waals surface area contributed by atoms with Crippen LogP contribution in [0.3, 0.4) is 0 Å². The topological polar surface area (TPSA) is 50.7 Å². The van der Waals surface area contributed by atoms with Gasteiger partial charge in [-0.05, 0) is 29.7 Å². The van der Waals surface area contributed by atoms with E-state index < -0.39 is 6.10 Å². The first-order valence-corrected chi connectivity index (χ1v) is 7.98. The van der Waals surface area contributed by atoms with Crippen LogP contribution in [0.1, 0.15) is 17.5 Å². The molecular weight excluding hydrogens is 307 g/mol. The molecule has 1 heterocycles. The van der Waals surface area contributed by atoms with Gasteiger partial charge in [-0.1, -0.05) is 47.6 Å². The lowest BCUT2D eigenvalue weighted by Crippen LogP contribution is -2.36. The van der Waals surface area contributed by atoms with E-state index in [1.54, 1.807) is 12.1 Å². The first-order valence-electron chi connectivity index (χ1n) is 7.98. The Kier molecular flexibility index (Phi) is 5.21. The lowest BCUT2D eigenvalue weighted by molar-refractivity contribution is -0.131. The van der Waals surface area contributed by atoms with Crippen LogP contribution in [-0.4, -0.2) is 24.3 Å². The lowest BCUT2D eigenvalue weighted by Gasteiger charge is -2.09. The van der Waals surface area contributed by atoms with Crippen LogP contribution in [-0.2, 0) is 22.5 Å². The van der Waals surface area contributed by atoms with E-state index in [-0.39, 0.29) is 11.7 Å². The van der Waals surface area contributed by atoms with Crippen molar-refractivity contribution in [1.29, 1.82) is 0 Å². The van der Waals surface area contributed by atoms with E-state index in [4.69, 9.17) is 4.84 Å². The molecule has 0 radical (unpaired) electrons. The van der Waals surface area contributed by atoms with E-state index in [1.165, 1.54) is 17.7 Å². The molecule has 2 aromatic carbocycles. The van der Waals surface area contributed by atoms with Gasteiger partial charge >= 0.3 is 0 Å². The Morgan fingerprint density at radius 2 is 1.88 bits per heavy atom. The highest BCUT2D eigenvalue weighted by molar-refractivity contribution is 5.93. The van der Waals surface area contributed by atoms with Crippen molar-refractivity contribution in [3.63, 3.8) is 0 Å². The molecule has 1 amide bonds. The van der Waals surface area contributed by atoms with Crippen LogP contribution < -0.4 is 5.32 Å². The van der Waals surface area contributed by atoms with Crippen molar-refractivity contribution >= 4 is 11.6 Å². The monoisotopic (exact) mass is 326 g/mol. The maximum atomic E-state index is 12.9. The lowest BCUT2D eigenvalue weighted by atomic mass is 10.0. The van der Waals surface area contributed by atoms with Crippen LogP contribution in [0, 0.1) is 5.82 Å². The zero-order chi connectivity index (χ0) is 16.8. The van der Waals surface area contributed by atoms with Crippen LogP contribution in [0.25, 0.3) is 0 Å². The molecular formula is C19H19FN2O2. The minimum absolute atomic E-state index is 0.149. The minimum atomic E-state index is -0.573. The summed E-state index contributed by atoms with van der Waals surface area (Å²) < 4.78 is 12.9. The number of carbonyl (C=O) groups is 1. The molecule has 0 saturated heterocycles. The van der Waals surface area contributed by atoms with E-state index in [0.29, 0.717) is 19.4 Å². The number of hydrogen-bond donors (Lipinski definition) is 1. The molecule has 0 bridgehead atoms. The van der Waals surface area contributed by atoms with E-state index >= 15 is 0 Å². The molecule has 1 aliphatic heterocycles. The molecule has 3 rings (SSSR count). The van der Waals surface area contributed by atoms with Gasteiger partial charge in [-0.25, -0.2) is 4.39 Å². The summed E-state index contributed by atoms with van der Waals surface area (Å²) in [5.41, 5.74) is 2.92. The fourth-order valence-electron chi connectivity index (χ4n) is 2.60. The first kappa shape index (κ1) is 16.2. The van der Waals surface area contributed by atoms with Crippen molar-refractivity contribution in [3.8, 4) is 0 Å². The molecule has 0 saturated carbocycles. The van der Waals surface area contributed by atoms with Crippen LogP contribution in [0.5, 0.6) is 0 Å². The molecule has 1 N–H and O–H groups in total. The Labute approximate surface area is 140 Å². The van der Waals surface area contributed by atoms with Gasteiger partial charge in [-0.3, -0.25) is 4.79 Å². The van der Waals surface area contributed by atoms with Gasteiger partial charge in [-0.15, -0.1) is 0 Å². The molecule has 1 atom stereocenters. The summed E-state index contributed by atoms with van der Waals surface area (Å²) in [6.07, 6.45) is 1.24. The van der Waals surface area contributed by atoms with Gasteiger partial charge in [0.15, 0.2) is 0 Å². The average Bonchev–Trinajstić information content (AvgIpc) is 3.06. The van der Waals surface area contributed by atoms with Crippen molar-refractivity contribution in [2.75, 3.05) is 6.54 Å². The van der Waals surface area contributed by atoms with Crippen molar-refractivity contribution in [2.45, 2.75) is 25.4 Å².